The number of phenolic OH excluding ortho intramolecular Hbond substituents is 2. The second-order valence-electron chi connectivity index (χ2n) is 8.55. The minimum atomic E-state index is -0.0177. The second-order valence-corrected chi connectivity index (χ2v) is 8.55. The number of anilines is 2. The Morgan fingerprint density at radius 3 is 1.12 bits per heavy atom. The monoisotopic (exact) mass is 574 g/mol. The topological polar surface area (TPSA) is 153 Å². The molecule has 42 heavy (non-hydrogen) atoms. The van der Waals surface area contributed by atoms with Crippen molar-refractivity contribution in [1.82, 2.24) is 19.9 Å². The molecule has 12 nitrogen and oxygen atoms in total. The van der Waals surface area contributed by atoms with Gasteiger partial charge >= 0.3 is 0 Å². The van der Waals surface area contributed by atoms with Crippen LogP contribution in [0.4, 0.5) is 11.9 Å². The van der Waals surface area contributed by atoms with Crippen LogP contribution in [0, 0.1) is 0 Å². The summed E-state index contributed by atoms with van der Waals surface area (Å²) < 4.78 is 20.6. The number of aromatic hydroxyl groups is 2. The predicted octanol–water partition coefficient (Wildman–Crippen LogP) is 5.34. The summed E-state index contributed by atoms with van der Waals surface area (Å²) in [6.45, 7) is 3.84. The number of phenols is 2. The molecule has 12 heteroatoms. The van der Waals surface area contributed by atoms with Gasteiger partial charge in [0, 0.05) is 37.2 Å². The molecule has 0 amide bonds. The van der Waals surface area contributed by atoms with Gasteiger partial charge in [0.05, 0.1) is 28.4 Å². The molecule has 0 aliphatic rings. The number of allylic oxidation sites excluding steroid dienone is 2. The molecule has 0 unspecified atom stereocenters. The highest BCUT2D eigenvalue weighted by Crippen LogP contribution is 2.39. The second kappa shape index (κ2) is 15.3. The zero-order chi connectivity index (χ0) is 30.5. The van der Waals surface area contributed by atoms with Crippen LogP contribution in [0.25, 0.3) is 11.1 Å². The molecular formula is C30H34N6O6. The average Bonchev–Trinajstić information content (AvgIpc) is 3.04. The highest BCUT2D eigenvalue weighted by molar-refractivity contribution is 5.71. The summed E-state index contributed by atoms with van der Waals surface area (Å²) in [7, 11) is 5.97. The lowest BCUT2D eigenvalue weighted by atomic mass is 10.1. The molecule has 0 saturated heterocycles. The maximum absolute atomic E-state index is 9.90. The van der Waals surface area contributed by atoms with E-state index in [0.29, 0.717) is 34.9 Å². The van der Waals surface area contributed by atoms with E-state index in [1.807, 2.05) is 13.8 Å². The van der Waals surface area contributed by atoms with E-state index >= 15 is 0 Å². The van der Waals surface area contributed by atoms with Crippen LogP contribution < -0.4 is 29.6 Å². The van der Waals surface area contributed by atoms with Gasteiger partial charge in [-0.3, -0.25) is 0 Å². The molecule has 4 rings (SSSR count). The van der Waals surface area contributed by atoms with Crippen LogP contribution in [0.3, 0.4) is 0 Å². The van der Waals surface area contributed by atoms with Crippen LogP contribution in [0.5, 0.6) is 34.5 Å². The van der Waals surface area contributed by atoms with Crippen LogP contribution in [0.1, 0.15) is 25.0 Å². The first-order valence-corrected chi connectivity index (χ1v) is 12.6. The fourth-order valence-electron chi connectivity index (χ4n) is 3.50. The van der Waals surface area contributed by atoms with Gasteiger partial charge in [0.1, 0.15) is 0 Å². The van der Waals surface area contributed by atoms with Crippen LogP contribution in [-0.2, 0) is 0 Å². The summed E-state index contributed by atoms with van der Waals surface area (Å²) in [5, 5.41) is 25.8. The Kier molecular flexibility index (Phi) is 11.3. The number of aromatic nitrogens is 4. The average molecular weight is 575 g/mol. The normalized spacial score (nSPS) is 11.1. The van der Waals surface area contributed by atoms with E-state index in [-0.39, 0.29) is 11.5 Å². The molecule has 0 atom stereocenters. The molecule has 220 valence electrons. The van der Waals surface area contributed by atoms with Crippen molar-refractivity contribution in [2.75, 3.05) is 39.1 Å². The zero-order valence-corrected chi connectivity index (χ0v) is 24.2. The first kappa shape index (κ1) is 31.0. The highest BCUT2D eigenvalue weighted by atomic mass is 16.5. The van der Waals surface area contributed by atoms with Gasteiger partial charge in [-0.05, 0) is 72.5 Å². The Labute approximate surface area is 244 Å². The van der Waals surface area contributed by atoms with Crippen molar-refractivity contribution in [2.45, 2.75) is 13.8 Å². The lowest BCUT2D eigenvalue weighted by Crippen LogP contribution is -1.96. The first-order valence-electron chi connectivity index (χ1n) is 12.6. The van der Waals surface area contributed by atoms with Gasteiger partial charge in [-0.1, -0.05) is 0 Å². The van der Waals surface area contributed by atoms with Gasteiger partial charge < -0.3 is 39.8 Å². The van der Waals surface area contributed by atoms with Crippen LogP contribution in [0.2, 0.25) is 0 Å². The number of benzene rings is 2. The minimum Gasteiger partial charge on any atom is -0.502 e. The van der Waals surface area contributed by atoms with Crippen LogP contribution in [0.15, 0.2) is 73.6 Å². The Hall–Kier alpha value is -5.52. The van der Waals surface area contributed by atoms with E-state index in [9.17, 15) is 10.2 Å². The number of nitrogens with one attached hydrogen (secondary N) is 2. The molecule has 0 saturated carbocycles. The summed E-state index contributed by atoms with van der Waals surface area (Å²) >= 11 is 0. The molecule has 4 N–H and O–H groups in total. The van der Waals surface area contributed by atoms with Gasteiger partial charge in [0.2, 0.25) is 23.4 Å². The third kappa shape index (κ3) is 8.24. The standard InChI is InChI=1S/2C15H17N3O3/c2*1-10(9-18-15-16-5-4-6-17-15)11-7-12(20-2)14(19)13(8-11)21-3/h2*4-9,19H,1-3H3,(H,16,17,18)/b10-9+;10-9-. The van der Waals surface area contributed by atoms with E-state index in [0.717, 1.165) is 22.3 Å². The number of hydrogen-bond donors (Lipinski definition) is 4. The molecule has 4 aromatic rings. The van der Waals surface area contributed by atoms with Crippen LogP contribution in [-0.4, -0.2) is 58.6 Å². The van der Waals surface area contributed by atoms with E-state index in [4.69, 9.17) is 18.9 Å². The fourth-order valence-corrected chi connectivity index (χ4v) is 3.50. The van der Waals surface area contributed by atoms with Crippen molar-refractivity contribution in [2.24, 2.45) is 0 Å². The first-order chi connectivity index (χ1) is 20.3. The Bertz CT molecular complexity index is 1350. The third-order valence-corrected chi connectivity index (χ3v) is 5.84. The van der Waals surface area contributed by atoms with Crippen molar-refractivity contribution < 1.29 is 29.2 Å². The van der Waals surface area contributed by atoms with Gasteiger partial charge in [-0.2, -0.15) is 0 Å². The van der Waals surface area contributed by atoms with Crippen molar-refractivity contribution in [3.63, 3.8) is 0 Å². The minimum absolute atomic E-state index is 0.0177. The summed E-state index contributed by atoms with van der Waals surface area (Å²) in [4.78, 5) is 16.3. The smallest absolute Gasteiger partial charge is 0.226 e. The lowest BCUT2D eigenvalue weighted by Gasteiger charge is -2.11. The van der Waals surface area contributed by atoms with Crippen molar-refractivity contribution in [3.8, 4) is 34.5 Å². The molecule has 2 aromatic carbocycles. The molecule has 0 aliphatic heterocycles. The van der Waals surface area contributed by atoms with E-state index in [2.05, 4.69) is 30.6 Å². The molecule has 2 heterocycles. The van der Waals surface area contributed by atoms with Gasteiger partial charge in [0.25, 0.3) is 0 Å². The number of hydrogen-bond acceptors (Lipinski definition) is 12. The lowest BCUT2D eigenvalue weighted by molar-refractivity contribution is 0.339. The van der Waals surface area contributed by atoms with Gasteiger partial charge in [0.15, 0.2) is 23.0 Å². The van der Waals surface area contributed by atoms with Crippen molar-refractivity contribution in [3.05, 3.63) is 84.7 Å². The van der Waals surface area contributed by atoms with Gasteiger partial charge in [-0.25, -0.2) is 19.9 Å². The number of ether oxygens (including phenoxy) is 4. The molecule has 0 fully saturated rings. The van der Waals surface area contributed by atoms with E-state index < -0.39 is 0 Å². The maximum Gasteiger partial charge on any atom is 0.226 e. The summed E-state index contributed by atoms with van der Waals surface area (Å²) in [5.41, 5.74) is 3.54. The highest BCUT2D eigenvalue weighted by Gasteiger charge is 2.13. The van der Waals surface area contributed by atoms with E-state index in [1.165, 1.54) is 28.4 Å². The summed E-state index contributed by atoms with van der Waals surface area (Å²) in [5.74, 6) is 2.40. The summed E-state index contributed by atoms with van der Waals surface area (Å²) in [6.07, 6.45) is 10.2. The van der Waals surface area contributed by atoms with E-state index in [1.54, 1.807) is 73.6 Å². The zero-order valence-electron chi connectivity index (χ0n) is 24.2. The molecule has 0 spiro atoms. The number of rotatable bonds is 10. The van der Waals surface area contributed by atoms with Gasteiger partial charge in [-0.15, -0.1) is 0 Å². The molecular weight excluding hydrogens is 540 g/mol. The van der Waals surface area contributed by atoms with Crippen LogP contribution >= 0.6 is 0 Å². The Morgan fingerprint density at radius 2 is 0.857 bits per heavy atom. The predicted molar refractivity (Wildman–Crippen MR) is 161 cm³/mol. The molecule has 0 bridgehead atoms. The molecule has 0 radical (unpaired) electrons. The maximum atomic E-state index is 9.90. The SMILES string of the molecule is COc1cc(/C(C)=C/Nc2ncccn2)cc(OC)c1O.COc1cc(/C(C)=C\Nc2ncccn2)cc(OC)c1O. The Balaban J connectivity index is 0.000000230. The Morgan fingerprint density at radius 1 is 0.571 bits per heavy atom. The third-order valence-electron chi connectivity index (χ3n) is 5.84. The summed E-state index contributed by atoms with van der Waals surface area (Å²) in [6, 6.07) is 10.4. The number of methoxy groups -OCH3 is 4. The van der Waals surface area contributed by atoms with Crippen molar-refractivity contribution in [1.29, 1.82) is 0 Å². The number of nitrogens with zero attached hydrogens (tertiary/aromatic N) is 4. The molecule has 2 aromatic heterocycles. The fraction of sp³-hybridized carbons (Fsp3) is 0.200. The quantitative estimate of drug-likeness (QED) is 0.193. The largest absolute Gasteiger partial charge is 0.502 e. The van der Waals surface area contributed by atoms with Crippen molar-refractivity contribution >= 4 is 23.0 Å². The molecule has 0 aliphatic carbocycles.